The molecular formula is C22H22N2O4S. The van der Waals surface area contributed by atoms with Crippen molar-refractivity contribution in [1.82, 2.24) is 5.16 Å². The van der Waals surface area contributed by atoms with Crippen LogP contribution in [0, 0.1) is 26.7 Å². The third-order valence-corrected chi connectivity index (χ3v) is 6.26. The standard InChI is InChI=1S/C22H22N2O4S/c1-13-6-8-16(9-7-13)24-20(25)11-17(21(24)19-5-4-10-29-19)22(26)27-12-18-14(2)23-28-15(18)3/h4-10,17,21H,11-12H2,1-3H3. The zero-order valence-electron chi connectivity index (χ0n) is 16.5. The topological polar surface area (TPSA) is 72.6 Å². The van der Waals surface area contributed by atoms with Crippen LogP contribution in [0.5, 0.6) is 0 Å². The highest BCUT2D eigenvalue weighted by Crippen LogP contribution is 2.43. The van der Waals surface area contributed by atoms with Crippen molar-refractivity contribution >= 4 is 28.9 Å². The molecule has 3 heterocycles. The Bertz CT molecular complexity index is 1000. The van der Waals surface area contributed by atoms with Crippen LogP contribution in [0.3, 0.4) is 0 Å². The summed E-state index contributed by atoms with van der Waals surface area (Å²) in [5.74, 6) is -0.394. The fraction of sp³-hybridized carbons (Fsp3) is 0.318. The van der Waals surface area contributed by atoms with Gasteiger partial charge in [0.05, 0.1) is 23.2 Å². The summed E-state index contributed by atoms with van der Waals surface area (Å²) in [6.45, 7) is 5.69. The number of rotatable bonds is 5. The van der Waals surface area contributed by atoms with E-state index in [0.717, 1.165) is 21.7 Å². The summed E-state index contributed by atoms with van der Waals surface area (Å²) < 4.78 is 10.7. The number of carbonyl (C=O) groups is 2. The molecule has 1 saturated heterocycles. The lowest BCUT2D eigenvalue weighted by molar-refractivity contribution is -0.150. The van der Waals surface area contributed by atoms with E-state index < -0.39 is 5.92 Å². The van der Waals surface area contributed by atoms with Crippen LogP contribution in [0.15, 0.2) is 46.3 Å². The Kier molecular flexibility index (Phi) is 5.24. The number of nitrogens with zero attached hydrogens (tertiary/aromatic N) is 2. The van der Waals surface area contributed by atoms with Crippen LogP contribution in [0.2, 0.25) is 0 Å². The first-order valence-corrected chi connectivity index (χ1v) is 10.3. The normalized spacial score (nSPS) is 19.0. The molecule has 0 radical (unpaired) electrons. The zero-order valence-corrected chi connectivity index (χ0v) is 17.4. The quantitative estimate of drug-likeness (QED) is 0.579. The molecule has 1 aliphatic heterocycles. The van der Waals surface area contributed by atoms with E-state index in [1.54, 1.807) is 11.8 Å². The van der Waals surface area contributed by atoms with Crippen molar-refractivity contribution in [2.24, 2.45) is 5.92 Å². The second kappa shape index (κ2) is 7.83. The van der Waals surface area contributed by atoms with Crippen molar-refractivity contribution in [2.75, 3.05) is 4.90 Å². The number of hydrogen-bond donors (Lipinski definition) is 0. The predicted octanol–water partition coefficient (Wildman–Crippen LogP) is 4.50. The van der Waals surface area contributed by atoms with Crippen molar-refractivity contribution in [3.63, 3.8) is 0 Å². The number of esters is 1. The average Bonchev–Trinajstić information content (AvgIpc) is 3.41. The summed E-state index contributed by atoms with van der Waals surface area (Å²) in [7, 11) is 0. The van der Waals surface area contributed by atoms with Crippen molar-refractivity contribution in [1.29, 1.82) is 0 Å². The van der Waals surface area contributed by atoms with Crippen LogP contribution in [0.4, 0.5) is 5.69 Å². The van der Waals surface area contributed by atoms with E-state index in [1.165, 1.54) is 11.3 Å². The van der Waals surface area contributed by atoms with Gasteiger partial charge in [0.2, 0.25) is 5.91 Å². The largest absolute Gasteiger partial charge is 0.460 e. The number of aryl methyl sites for hydroxylation is 3. The fourth-order valence-electron chi connectivity index (χ4n) is 3.70. The highest BCUT2D eigenvalue weighted by molar-refractivity contribution is 7.10. The molecule has 3 aromatic rings. The summed E-state index contributed by atoms with van der Waals surface area (Å²) in [5, 5.41) is 5.85. The lowest BCUT2D eigenvalue weighted by Gasteiger charge is -2.27. The summed E-state index contributed by atoms with van der Waals surface area (Å²) in [5.41, 5.74) is 3.38. The summed E-state index contributed by atoms with van der Waals surface area (Å²) >= 11 is 1.54. The lowest BCUT2D eigenvalue weighted by Crippen LogP contribution is -2.30. The van der Waals surface area contributed by atoms with E-state index in [-0.39, 0.29) is 30.9 Å². The number of thiophene rings is 1. The zero-order chi connectivity index (χ0) is 20.5. The molecule has 2 aromatic heterocycles. The Morgan fingerprint density at radius 2 is 2.00 bits per heavy atom. The number of hydrogen-bond acceptors (Lipinski definition) is 6. The monoisotopic (exact) mass is 410 g/mol. The average molecular weight is 410 g/mol. The molecule has 0 bridgehead atoms. The SMILES string of the molecule is Cc1ccc(N2C(=O)CC(C(=O)OCc3c(C)noc3C)C2c2cccs2)cc1. The second-order valence-corrected chi connectivity index (χ2v) is 8.26. The van der Waals surface area contributed by atoms with Gasteiger partial charge in [-0.1, -0.05) is 28.9 Å². The molecule has 1 aliphatic rings. The van der Waals surface area contributed by atoms with Gasteiger partial charge < -0.3 is 14.2 Å². The van der Waals surface area contributed by atoms with E-state index in [2.05, 4.69) is 5.16 Å². The lowest BCUT2D eigenvalue weighted by atomic mass is 9.98. The first-order chi connectivity index (χ1) is 14.0. The molecule has 1 amide bonds. The third-order valence-electron chi connectivity index (χ3n) is 5.31. The summed E-state index contributed by atoms with van der Waals surface area (Å²) in [6, 6.07) is 11.3. The molecule has 7 heteroatoms. The maximum Gasteiger partial charge on any atom is 0.312 e. The van der Waals surface area contributed by atoms with Gasteiger partial charge in [0.1, 0.15) is 12.4 Å². The second-order valence-electron chi connectivity index (χ2n) is 7.28. The molecular weight excluding hydrogens is 388 g/mol. The van der Waals surface area contributed by atoms with Gasteiger partial charge in [0, 0.05) is 17.0 Å². The number of aromatic nitrogens is 1. The Balaban J connectivity index is 1.61. The van der Waals surface area contributed by atoms with E-state index in [0.29, 0.717) is 11.5 Å². The van der Waals surface area contributed by atoms with E-state index >= 15 is 0 Å². The van der Waals surface area contributed by atoms with Gasteiger partial charge in [-0.15, -0.1) is 11.3 Å². The van der Waals surface area contributed by atoms with Crippen molar-refractivity contribution in [2.45, 2.75) is 39.8 Å². The minimum Gasteiger partial charge on any atom is -0.460 e. The van der Waals surface area contributed by atoms with Crippen LogP contribution in [0.1, 0.15) is 39.9 Å². The molecule has 29 heavy (non-hydrogen) atoms. The van der Waals surface area contributed by atoms with Gasteiger partial charge in [-0.3, -0.25) is 9.59 Å². The maximum absolute atomic E-state index is 13.0. The number of benzene rings is 1. The Labute approximate surface area is 173 Å². The third kappa shape index (κ3) is 3.70. The first-order valence-electron chi connectivity index (χ1n) is 9.46. The summed E-state index contributed by atoms with van der Waals surface area (Å²) in [4.78, 5) is 28.6. The molecule has 6 nitrogen and oxygen atoms in total. The Hall–Kier alpha value is -2.93. The molecule has 1 fully saturated rings. The van der Waals surface area contributed by atoms with E-state index in [4.69, 9.17) is 9.26 Å². The minimum absolute atomic E-state index is 0.0773. The first kappa shape index (κ1) is 19.4. The van der Waals surface area contributed by atoms with Gasteiger partial charge in [0.15, 0.2) is 0 Å². The molecule has 2 atom stereocenters. The number of ether oxygens (including phenoxy) is 1. The van der Waals surface area contributed by atoms with Crippen LogP contribution in [-0.2, 0) is 20.9 Å². The van der Waals surface area contributed by atoms with E-state index in [9.17, 15) is 9.59 Å². The fourth-order valence-corrected chi connectivity index (χ4v) is 4.58. The van der Waals surface area contributed by atoms with Gasteiger partial charge in [-0.05, 0) is 44.4 Å². The predicted molar refractivity (Wildman–Crippen MR) is 110 cm³/mol. The molecule has 4 rings (SSSR count). The van der Waals surface area contributed by atoms with Crippen molar-refractivity contribution in [3.05, 3.63) is 69.2 Å². The van der Waals surface area contributed by atoms with Crippen LogP contribution in [0.25, 0.3) is 0 Å². The van der Waals surface area contributed by atoms with Crippen LogP contribution >= 0.6 is 11.3 Å². The van der Waals surface area contributed by atoms with Gasteiger partial charge in [-0.25, -0.2) is 0 Å². The smallest absolute Gasteiger partial charge is 0.312 e. The Morgan fingerprint density at radius 1 is 1.24 bits per heavy atom. The number of carbonyl (C=O) groups excluding carboxylic acids is 2. The highest BCUT2D eigenvalue weighted by atomic mass is 32.1. The van der Waals surface area contributed by atoms with E-state index in [1.807, 2.05) is 55.6 Å². The maximum atomic E-state index is 13.0. The number of amides is 1. The number of anilines is 1. The van der Waals surface area contributed by atoms with Crippen LogP contribution in [-0.4, -0.2) is 17.0 Å². The van der Waals surface area contributed by atoms with Crippen LogP contribution < -0.4 is 4.90 Å². The van der Waals surface area contributed by atoms with Gasteiger partial charge >= 0.3 is 5.97 Å². The molecule has 0 saturated carbocycles. The molecule has 0 N–H and O–H groups in total. The van der Waals surface area contributed by atoms with Gasteiger partial charge in [-0.2, -0.15) is 0 Å². The van der Waals surface area contributed by atoms with Gasteiger partial charge in [0.25, 0.3) is 0 Å². The molecule has 0 spiro atoms. The highest BCUT2D eigenvalue weighted by Gasteiger charge is 2.46. The van der Waals surface area contributed by atoms with Crippen molar-refractivity contribution < 1.29 is 18.8 Å². The molecule has 2 unspecified atom stereocenters. The molecule has 1 aromatic carbocycles. The molecule has 0 aliphatic carbocycles. The van der Waals surface area contributed by atoms with Crippen molar-refractivity contribution in [3.8, 4) is 0 Å². The Morgan fingerprint density at radius 3 is 2.62 bits per heavy atom. The minimum atomic E-state index is -0.567. The molecule has 150 valence electrons. The summed E-state index contributed by atoms with van der Waals surface area (Å²) in [6.07, 6.45) is 0.122.